The average Bonchev–Trinajstić information content (AvgIpc) is 2.18. The third kappa shape index (κ3) is 2.47. The molecule has 0 unspecified atom stereocenters. The quantitative estimate of drug-likeness (QED) is 0.732. The van der Waals surface area contributed by atoms with Crippen LogP contribution in [-0.4, -0.2) is 12.1 Å². The van der Waals surface area contributed by atoms with Crippen molar-refractivity contribution in [1.29, 1.82) is 0 Å². The van der Waals surface area contributed by atoms with Gasteiger partial charge in [0.2, 0.25) is 5.88 Å². The smallest absolute Gasteiger partial charge is 0.213 e. The van der Waals surface area contributed by atoms with Gasteiger partial charge >= 0.3 is 0 Å². The monoisotopic (exact) mass is 193 g/mol. The molecule has 0 atom stereocenters. The fourth-order valence-electron chi connectivity index (χ4n) is 1.66. The normalized spacial score (nSPS) is 11.4. The summed E-state index contributed by atoms with van der Waals surface area (Å²) in [6.45, 7) is 6.64. The van der Waals surface area contributed by atoms with Crippen LogP contribution in [0.5, 0.6) is 5.88 Å². The van der Waals surface area contributed by atoms with Gasteiger partial charge in [-0.3, -0.25) is 0 Å². The Bertz CT molecular complexity index is 294. The Labute approximate surface area is 86.3 Å². The minimum atomic E-state index is 0.142. The summed E-state index contributed by atoms with van der Waals surface area (Å²) in [6.07, 6.45) is 2.32. The fourth-order valence-corrected chi connectivity index (χ4v) is 1.66. The fraction of sp³-hybridized carbons (Fsp3) is 0.583. The van der Waals surface area contributed by atoms with Crippen LogP contribution in [0, 0.1) is 0 Å². The first-order valence-corrected chi connectivity index (χ1v) is 5.11. The van der Waals surface area contributed by atoms with E-state index in [0.29, 0.717) is 5.88 Å². The SMILES string of the molecule is CCCC(C)(C)c1cccc(OC)n1. The number of hydrogen-bond acceptors (Lipinski definition) is 2. The largest absolute Gasteiger partial charge is 0.481 e. The number of pyridine rings is 1. The van der Waals surface area contributed by atoms with Gasteiger partial charge in [-0.25, -0.2) is 4.98 Å². The molecule has 1 aromatic rings. The van der Waals surface area contributed by atoms with Gasteiger partial charge in [0.1, 0.15) is 0 Å². The Morgan fingerprint density at radius 1 is 1.36 bits per heavy atom. The van der Waals surface area contributed by atoms with Crippen LogP contribution in [0.3, 0.4) is 0 Å². The van der Waals surface area contributed by atoms with Gasteiger partial charge in [0, 0.05) is 11.5 Å². The van der Waals surface area contributed by atoms with Crippen molar-refractivity contribution < 1.29 is 4.74 Å². The molecule has 2 heteroatoms. The molecule has 0 N–H and O–H groups in total. The van der Waals surface area contributed by atoms with E-state index in [4.69, 9.17) is 4.74 Å². The minimum Gasteiger partial charge on any atom is -0.481 e. The summed E-state index contributed by atoms with van der Waals surface area (Å²) in [7, 11) is 1.65. The molecule has 2 nitrogen and oxygen atoms in total. The van der Waals surface area contributed by atoms with Crippen molar-refractivity contribution in [2.45, 2.75) is 39.0 Å². The molecule has 0 amide bonds. The molecule has 0 radical (unpaired) electrons. The Balaban J connectivity index is 2.93. The molecule has 0 aliphatic carbocycles. The van der Waals surface area contributed by atoms with Crippen LogP contribution < -0.4 is 4.74 Å². The molecule has 0 saturated carbocycles. The number of aromatic nitrogens is 1. The first kappa shape index (κ1) is 11.0. The van der Waals surface area contributed by atoms with E-state index in [9.17, 15) is 0 Å². The molecule has 0 aliphatic heterocycles. The molecule has 0 aliphatic rings. The summed E-state index contributed by atoms with van der Waals surface area (Å²) in [5.41, 5.74) is 1.25. The van der Waals surface area contributed by atoms with Crippen LogP contribution in [0.4, 0.5) is 0 Å². The van der Waals surface area contributed by atoms with Crippen molar-refractivity contribution in [3.8, 4) is 5.88 Å². The summed E-state index contributed by atoms with van der Waals surface area (Å²) in [4.78, 5) is 4.46. The molecule has 14 heavy (non-hydrogen) atoms. The van der Waals surface area contributed by atoms with Crippen molar-refractivity contribution in [2.75, 3.05) is 7.11 Å². The zero-order valence-corrected chi connectivity index (χ0v) is 9.50. The van der Waals surface area contributed by atoms with Gasteiger partial charge in [0.25, 0.3) is 0 Å². The van der Waals surface area contributed by atoms with Gasteiger partial charge in [-0.05, 0) is 12.5 Å². The van der Waals surface area contributed by atoms with Gasteiger partial charge < -0.3 is 4.74 Å². The van der Waals surface area contributed by atoms with Crippen molar-refractivity contribution >= 4 is 0 Å². The van der Waals surface area contributed by atoms with E-state index in [1.807, 2.05) is 12.1 Å². The van der Waals surface area contributed by atoms with Gasteiger partial charge in [0.05, 0.1) is 12.8 Å². The second kappa shape index (κ2) is 4.45. The summed E-state index contributed by atoms with van der Waals surface area (Å²) < 4.78 is 5.12. The Hall–Kier alpha value is -1.05. The van der Waals surface area contributed by atoms with E-state index in [0.717, 1.165) is 12.1 Å². The zero-order valence-electron chi connectivity index (χ0n) is 9.50. The predicted octanol–water partition coefficient (Wildman–Crippen LogP) is 3.17. The lowest BCUT2D eigenvalue weighted by molar-refractivity contribution is 0.386. The van der Waals surface area contributed by atoms with Gasteiger partial charge in [-0.2, -0.15) is 0 Å². The predicted molar refractivity (Wildman–Crippen MR) is 58.7 cm³/mol. The van der Waals surface area contributed by atoms with Crippen molar-refractivity contribution in [3.63, 3.8) is 0 Å². The van der Waals surface area contributed by atoms with E-state index in [-0.39, 0.29) is 5.41 Å². The first-order chi connectivity index (χ1) is 6.60. The Morgan fingerprint density at radius 2 is 2.07 bits per heavy atom. The van der Waals surface area contributed by atoms with Gasteiger partial charge in [0.15, 0.2) is 0 Å². The van der Waals surface area contributed by atoms with Crippen LogP contribution in [0.2, 0.25) is 0 Å². The second-order valence-corrected chi connectivity index (χ2v) is 4.20. The van der Waals surface area contributed by atoms with E-state index in [2.05, 4.69) is 31.8 Å². The molecule has 0 bridgehead atoms. The molecular formula is C12H19NO. The summed E-state index contributed by atoms with van der Waals surface area (Å²) in [5.74, 6) is 0.701. The standard InChI is InChI=1S/C12H19NO/c1-5-9-12(2,3)10-7-6-8-11(13-10)14-4/h6-8H,5,9H2,1-4H3. The molecule has 1 aromatic heterocycles. The van der Waals surface area contributed by atoms with Crippen LogP contribution in [0.15, 0.2) is 18.2 Å². The highest BCUT2D eigenvalue weighted by Gasteiger charge is 2.21. The summed E-state index contributed by atoms with van der Waals surface area (Å²) in [5, 5.41) is 0. The van der Waals surface area contributed by atoms with E-state index >= 15 is 0 Å². The third-order valence-electron chi connectivity index (χ3n) is 2.50. The molecule has 0 aromatic carbocycles. The van der Waals surface area contributed by atoms with E-state index in [1.54, 1.807) is 7.11 Å². The van der Waals surface area contributed by atoms with Crippen molar-refractivity contribution in [3.05, 3.63) is 23.9 Å². The van der Waals surface area contributed by atoms with Crippen LogP contribution >= 0.6 is 0 Å². The van der Waals surface area contributed by atoms with Crippen molar-refractivity contribution in [2.24, 2.45) is 0 Å². The number of methoxy groups -OCH3 is 1. The van der Waals surface area contributed by atoms with Crippen LogP contribution in [-0.2, 0) is 5.41 Å². The van der Waals surface area contributed by atoms with Crippen LogP contribution in [0.1, 0.15) is 39.3 Å². The lowest BCUT2D eigenvalue weighted by atomic mass is 9.84. The molecule has 0 fully saturated rings. The van der Waals surface area contributed by atoms with Gasteiger partial charge in [-0.15, -0.1) is 0 Å². The molecule has 1 rings (SSSR count). The number of ether oxygens (including phenoxy) is 1. The summed E-state index contributed by atoms with van der Waals surface area (Å²) in [6, 6.07) is 5.95. The maximum absolute atomic E-state index is 5.12. The minimum absolute atomic E-state index is 0.142. The first-order valence-electron chi connectivity index (χ1n) is 5.11. The Kier molecular flexibility index (Phi) is 3.50. The number of nitrogens with zero attached hydrogens (tertiary/aromatic N) is 1. The molecule has 1 heterocycles. The highest BCUT2D eigenvalue weighted by atomic mass is 16.5. The lowest BCUT2D eigenvalue weighted by Crippen LogP contribution is -2.18. The van der Waals surface area contributed by atoms with Crippen molar-refractivity contribution in [1.82, 2.24) is 4.98 Å². The zero-order chi connectivity index (χ0) is 10.6. The molecule has 78 valence electrons. The average molecular weight is 193 g/mol. The third-order valence-corrected chi connectivity index (χ3v) is 2.50. The number of hydrogen-bond donors (Lipinski definition) is 0. The molecular weight excluding hydrogens is 174 g/mol. The lowest BCUT2D eigenvalue weighted by Gasteiger charge is -2.23. The van der Waals surface area contributed by atoms with E-state index < -0.39 is 0 Å². The maximum atomic E-state index is 5.12. The highest BCUT2D eigenvalue weighted by molar-refractivity contribution is 5.21. The second-order valence-electron chi connectivity index (χ2n) is 4.20. The Morgan fingerprint density at radius 3 is 2.64 bits per heavy atom. The topological polar surface area (TPSA) is 22.1 Å². The van der Waals surface area contributed by atoms with Crippen LogP contribution in [0.25, 0.3) is 0 Å². The summed E-state index contributed by atoms with van der Waals surface area (Å²) >= 11 is 0. The molecule has 0 saturated heterocycles. The van der Waals surface area contributed by atoms with Gasteiger partial charge in [-0.1, -0.05) is 33.3 Å². The number of rotatable bonds is 4. The molecule has 0 spiro atoms. The highest BCUT2D eigenvalue weighted by Crippen LogP contribution is 2.27. The van der Waals surface area contributed by atoms with E-state index in [1.165, 1.54) is 6.42 Å². The maximum Gasteiger partial charge on any atom is 0.213 e.